The first kappa shape index (κ1) is 17.4. The van der Waals surface area contributed by atoms with Gasteiger partial charge in [-0.2, -0.15) is 0 Å². The van der Waals surface area contributed by atoms with Crippen LogP contribution in [0.1, 0.15) is 34.8 Å². The maximum absolute atomic E-state index is 14.0. The van der Waals surface area contributed by atoms with Crippen LogP contribution in [0.15, 0.2) is 61.1 Å². The predicted molar refractivity (Wildman–Crippen MR) is 97.8 cm³/mol. The van der Waals surface area contributed by atoms with Crippen molar-refractivity contribution in [3.8, 4) is 5.69 Å². The van der Waals surface area contributed by atoms with Crippen molar-refractivity contribution in [2.75, 3.05) is 13.1 Å². The minimum Gasteiger partial charge on any atom is -0.338 e. The Kier molecular flexibility index (Phi) is 4.71. The minimum atomic E-state index is -0.359. The van der Waals surface area contributed by atoms with Crippen molar-refractivity contribution in [1.82, 2.24) is 14.5 Å². The van der Waals surface area contributed by atoms with Crippen molar-refractivity contribution in [3.63, 3.8) is 0 Å². The van der Waals surface area contributed by atoms with E-state index in [0.29, 0.717) is 24.3 Å². The molecular formula is C21H19F2N3O. The predicted octanol–water partition coefficient (Wildman–Crippen LogP) is 4.17. The number of hydrogen-bond acceptors (Lipinski definition) is 2. The molecule has 3 aromatic rings. The quantitative estimate of drug-likeness (QED) is 0.697. The Labute approximate surface area is 156 Å². The fraction of sp³-hybridized carbons (Fsp3) is 0.238. The van der Waals surface area contributed by atoms with Gasteiger partial charge < -0.3 is 9.47 Å². The first-order valence-corrected chi connectivity index (χ1v) is 8.95. The average molecular weight is 367 g/mol. The molecule has 4 rings (SSSR count). The van der Waals surface area contributed by atoms with Gasteiger partial charge >= 0.3 is 0 Å². The fourth-order valence-electron chi connectivity index (χ4n) is 3.52. The zero-order valence-electron chi connectivity index (χ0n) is 14.7. The third-order valence-corrected chi connectivity index (χ3v) is 4.95. The number of hydrogen-bond donors (Lipinski definition) is 0. The fourth-order valence-corrected chi connectivity index (χ4v) is 3.52. The summed E-state index contributed by atoms with van der Waals surface area (Å²) in [6, 6.07) is 12.2. The van der Waals surface area contributed by atoms with Crippen LogP contribution in [0, 0.1) is 11.6 Å². The van der Waals surface area contributed by atoms with Gasteiger partial charge in [-0.3, -0.25) is 4.79 Å². The van der Waals surface area contributed by atoms with Gasteiger partial charge in [-0.05, 0) is 49.2 Å². The van der Waals surface area contributed by atoms with E-state index in [1.165, 1.54) is 30.3 Å². The lowest BCUT2D eigenvalue weighted by atomic mass is 9.94. The van der Waals surface area contributed by atoms with Gasteiger partial charge in [-0.1, -0.05) is 12.1 Å². The first-order valence-electron chi connectivity index (χ1n) is 8.95. The van der Waals surface area contributed by atoms with Crippen molar-refractivity contribution in [2.24, 2.45) is 0 Å². The molecule has 1 fully saturated rings. The van der Waals surface area contributed by atoms with Gasteiger partial charge in [0.15, 0.2) is 0 Å². The molecule has 4 nitrogen and oxygen atoms in total. The Morgan fingerprint density at radius 3 is 2.63 bits per heavy atom. The van der Waals surface area contributed by atoms with E-state index in [-0.39, 0.29) is 23.5 Å². The van der Waals surface area contributed by atoms with E-state index in [4.69, 9.17) is 0 Å². The summed E-state index contributed by atoms with van der Waals surface area (Å²) in [5.74, 6) is -0.677. The number of imidazole rings is 1. The zero-order chi connectivity index (χ0) is 18.8. The molecular weight excluding hydrogens is 348 g/mol. The molecule has 138 valence electrons. The van der Waals surface area contributed by atoms with Crippen molar-refractivity contribution in [3.05, 3.63) is 83.9 Å². The van der Waals surface area contributed by atoms with Crippen molar-refractivity contribution in [2.45, 2.75) is 18.8 Å². The molecule has 0 bridgehead atoms. The second-order valence-corrected chi connectivity index (χ2v) is 6.75. The van der Waals surface area contributed by atoms with E-state index in [1.807, 2.05) is 6.20 Å². The van der Waals surface area contributed by atoms with E-state index in [0.717, 1.165) is 18.5 Å². The third-order valence-electron chi connectivity index (χ3n) is 4.95. The van der Waals surface area contributed by atoms with Crippen LogP contribution in [0.4, 0.5) is 8.78 Å². The van der Waals surface area contributed by atoms with Crippen molar-refractivity contribution in [1.29, 1.82) is 0 Å². The molecule has 1 aliphatic heterocycles. The molecule has 0 aliphatic carbocycles. The summed E-state index contributed by atoms with van der Waals surface area (Å²) in [4.78, 5) is 18.9. The van der Waals surface area contributed by atoms with E-state index in [9.17, 15) is 13.6 Å². The molecule has 0 spiro atoms. The summed E-state index contributed by atoms with van der Waals surface area (Å²) in [5, 5.41) is 0. The molecule has 27 heavy (non-hydrogen) atoms. The van der Waals surface area contributed by atoms with Gasteiger partial charge in [-0.15, -0.1) is 0 Å². The summed E-state index contributed by atoms with van der Waals surface area (Å²) >= 11 is 0. The van der Waals surface area contributed by atoms with Crippen LogP contribution in [-0.2, 0) is 0 Å². The highest BCUT2D eigenvalue weighted by Gasteiger charge is 2.27. The maximum atomic E-state index is 14.0. The maximum Gasteiger partial charge on any atom is 0.253 e. The third kappa shape index (κ3) is 3.60. The average Bonchev–Trinajstić information content (AvgIpc) is 3.18. The van der Waals surface area contributed by atoms with Crippen LogP contribution in [0.2, 0.25) is 0 Å². The normalized spacial score (nSPS) is 17.1. The SMILES string of the molecule is O=C(c1ccc(F)cc1)N1CCC[C@H](c2cn(-c3ccccc3F)cn2)C1. The van der Waals surface area contributed by atoms with Gasteiger partial charge in [0.2, 0.25) is 0 Å². The van der Waals surface area contributed by atoms with E-state index >= 15 is 0 Å². The number of nitrogens with zero attached hydrogens (tertiary/aromatic N) is 3. The van der Waals surface area contributed by atoms with Crippen LogP contribution in [0.25, 0.3) is 5.69 Å². The molecule has 1 saturated heterocycles. The van der Waals surface area contributed by atoms with Gasteiger partial charge in [0, 0.05) is 30.8 Å². The van der Waals surface area contributed by atoms with Crippen LogP contribution in [-0.4, -0.2) is 33.4 Å². The summed E-state index contributed by atoms with van der Waals surface area (Å²) < 4.78 is 28.7. The summed E-state index contributed by atoms with van der Waals surface area (Å²) in [5.41, 5.74) is 1.77. The number of piperidine rings is 1. The Hall–Kier alpha value is -3.02. The van der Waals surface area contributed by atoms with Crippen LogP contribution < -0.4 is 0 Å². The van der Waals surface area contributed by atoms with Crippen LogP contribution in [0.5, 0.6) is 0 Å². The zero-order valence-corrected chi connectivity index (χ0v) is 14.7. The lowest BCUT2D eigenvalue weighted by molar-refractivity contribution is 0.0706. The van der Waals surface area contributed by atoms with Crippen molar-refractivity contribution >= 4 is 5.91 Å². The number of aromatic nitrogens is 2. The number of carbonyl (C=O) groups is 1. The Bertz CT molecular complexity index is 952. The largest absolute Gasteiger partial charge is 0.338 e. The molecule has 1 amide bonds. The molecule has 2 aromatic carbocycles. The molecule has 2 heterocycles. The Morgan fingerprint density at radius 2 is 1.85 bits per heavy atom. The molecule has 0 saturated carbocycles. The number of amides is 1. The lowest BCUT2D eigenvalue weighted by Gasteiger charge is -2.32. The van der Waals surface area contributed by atoms with E-state index in [1.54, 1.807) is 34.0 Å². The highest BCUT2D eigenvalue weighted by Crippen LogP contribution is 2.27. The molecule has 0 radical (unpaired) electrons. The monoisotopic (exact) mass is 367 g/mol. The van der Waals surface area contributed by atoms with Crippen LogP contribution in [0.3, 0.4) is 0 Å². The number of halogens is 2. The summed E-state index contributed by atoms with van der Waals surface area (Å²) in [6.45, 7) is 1.21. The van der Waals surface area contributed by atoms with Gasteiger partial charge in [0.05, 0.1) is 17.7 Å². The topological polar surface area (TPSA) is 38.1 Å². The van der Waals surface area contributed by atoms with E-state index in [2.05, 4.69) is 4.98 Å². The van der Waals surface area contributed by atoms with Gasteiger partial charge in [-0.25, -0.2) is 13.8 Å². The molecule has 6 heteroatoms. The molecule has 0 unspecified atom stereocenters. The number of rotatable bonds is 3. The smallest absolute Gasteiger partial charge is 0.253 e. The number of likely N-dealkylation sites (tertiary alicyclic amines) is 1. The van der Waals surface area contributed by atoms with Crippen LogP contribution >= 0.6 is 0 Å². The molecule has 1 atom stereocenters. The van der Waals surface area contributed by atoms with E-state index < -0.39 is 0 Å². The van der Waals surface area contributed by atoms with Gasteiger partial charge in [0.1, 0.15) is 11.6 Å². The number of carbonyl (C=O) groups excluding carboxylic acids is 1. The first-order chi connectivity index (χ1) is 13.1. The van der Waals surface area contributed by atoms with Crippen molar-refractivity contribution < 1.29 is 13.6 Å². The number of benzene rings is 2. The molecule has 1 aliphatic rings. The highest BCUT2D eigenvalue weighted by atomic mass is 19.1. The Balaban J connectivity index is 1.51. The minimum absolute atomic E-state index is 0.0937. The summed E-state index contributed by atoms with van der Waals surface area (Å²) in [6.07, 6.45) is 5.22. The second-order valence-electron chi connectivity index (χ2n) is 6.75. The number of para-hydroxylation sites is 1. The van der Waals surface area contributed by atoms with Gasteiger partial charge in [0.25, 0.3) is 5.91 Å². The molecule has 1 aromatic heterocycles. The highest BCUT2D eigenvalue weighted by molar-refractivity contribution is 5.94. The molecule has 0 N–H and O–H groups in total. The lowest BCUT2D eigenvalue weighted by Crippen LogP contribution is -2.39. The second kappa shape index (κ2) is 7.31. The summed E-state index contributed by atoms with van der Waals surface area (Å²) in [7, 11) is 0. The Morgan fingerprint density at radius 1 is 1.07 bits per heavy atom. The standard InChI is InChI=1S/C21H19F2N3O/c22-17-9-7-15(8-10-17)21(27)25-11-3-4-16(12-25)19-13-26(14-24-19)20-6-2-1-5-18(20)23/h1-2,5-10,13-14,16H,3-4,11-12H2/t16-/m0/s1.